The summed E-state index contributed by atoms with van der Waals surface area (Å²) in [5.41, 5.74) is -4.69. The number of aliphatic hydroxyl groups is 1. The maximum absolute atomic E-state index is 14.3. The van der Waals surface area contributed by atoms with Gasteiger partial charge in [0.05, 0.1) is 12.8 Å². The molecule has 0 amide bonds. The van der Waals surface area contributed by atoms with Gasteiger partial charge in [-0.3, -0.25) is 9.59 Å². The van der Waals surface area contributed by atoms with Crippen LogP contribution in [0.15, 0.2) is 0 Å². The maximum Gasteiger partial charge on any atom is 0.339 e. The number of esters is 3. The number of hydrogen-bond donors (Lipinski definition) is 1. The monoisotopic (exact) mass is 697 g/mol. The number of ether oxygens (including phenoxy) is 3. The summed E-state index contributed by atoms with van der Waals surface area (Å²) in [7, 11) is 0. The van der Waals surface area contributed by atoms with E-state index in [0.29, 0.717) is 38.5 Å². The highest BCUT2D eigenvalue weighted by atomic mass is 16.6. The van der Waals surface area contributed by atoms with Crippen molar-refractivity contribution in [1.29, 1.82) is 0 Å². The zero-order valence-corrected chi connectivity index (χ0v) is 34.3. The smallest absolute Gasteiger partial charge is 0.339 e. The Hall–Kier alpha value is -1.63. The van der Waals surface area contributed by atoms with Crippen molar-refractivity contribution in [3.63, 3.8) is 0 Å². The van der Waals surface area contributed by atoms with E-state index in [1.165, 1.54) is 0 Å². The first-order valence-corrected chi connectivity index (χ1v) is 20.6. The molecule has 3 unspecified atom stereocenters. The topological polar surface area (TPSA) is 99.1 Å². The molecule has 1 N–H and O–H groups in total. The summed E-state index contributed by atoms with van der Waals surface area (Å²) in [5.74, 6) is -1.92. The van der Waals surface area contributed by atoms with E-state index in [1.807, 2.05) is 41.5 Å². The normalized spacial score (nSPS) is 15.6. The van der Waals surface area contributed by atoms with Crippen molar-refractivity contribution in [2.24, 2.45) is 17.8 Å². The molecule has 0 saturated heterocycles. The molecule has 0 aromatic heterocycles. The molecule has 0 aliphatic rings. The lowest BCUT2D eigenvalue weighted by atomic mass is 9.77. The third-order valence-electron chi connectivity index (χ3n) is 12.2. The lowest BCUT2D eigenvalue weighted by Crippen LogP contribution is -2.52. The van der Waals surface area contributed by atoms with Gasteiger partial charge in [-0.1, -0.05) is 122 Å². The fourth-order valence-corrected chi connectivity index (χ4v) is 8.52. The Bertz CT molecular complexity index is 868. The van der Waals surface area contributed by atoms with Gasteiger partial charge < -0.3 is 19.3 Å². The molecule has 7 heteroatoms. The van der Waals surface area contributed by atoms with E-state index in [-0.39, 0.29) is 17.8 Å². The van der Waals surface area contributed by atoms with Crippen LogP contribution in [0, 0.1) is 17.8 Å². The lowest BCUT2D eigenvalue weighted by molar-refractivity contribution is -0.203. The minimum atomic E-state index is -2.43. The number of unbranched alkanes of at least 4 members (excludes halogenated alkanes) is 3. The second-order valence-electron chi connectivity index (χ2n) is 14.8. The first-order chi connectivity index (χ1) is 23.3. The summed E-state index contributed by atoms with van der Waals surface area (Å²) >= 11 is 0. The average Bonchev–Trinajstić information content (AvgIpc) is 3.10. The summed E-state index contributed by atoms with van der Waals surface area (Å²) in [6.45, 7) is 24.9. The first-order valence-electron chi connectivity index (χ1n) is 20.6. The van der Waals surface area contributed by atoms with Crippen LogP contribution in [0.4, 0.5) is 0 Å². The third kappa shape index (κ3) is 13.1. The molecule has 0 fully saturated rings. The summed E-state index contributed by atoms with van der Waals surface area (Å²) in [4.78, 5) is 42.2. The van der Waals surface area contributed by atoms with Crippen LogP contribution in [0.5, 0.6) is 0 Å². The Kier molecular flexibility index (Phi) is 23.0. The molecule has 0 aliphatic carbocycles. The number of carbonyl (C=O) groups is 3. The summed E-state index contributed by atoms with van der Waals surface area (Å²) in [6.07, 6.45) is 13.7. The van der Waals surface area contributed by atoms with Gasteiger partial charge in [0.2, 0.25) is 0 Å². The Morgan fingerprint density at radius 2 is 0.735 bits per heavy atom. The van der Waals surface area contributed by atoms with Crippen LogP contribution in [0.1, 0.15) is 212 Å². The highest BCUT2D eigenvalue weighted by Gasteiger charge is 2.50. The van der Waals surface area contributed by atoms with Crippen LogP contribution < -0.4 is 0 Å². The summed E-state index contributed by atoms with van der Waals surface area (Å²) in [6, 6.07) is 0. The van der Waals surface area contributed by atoms with E-state index in [4.69, 9.17) is 14.2 Å². The standard InChI is InChI=1S/C42H80O7/c1-13-25-28-33(16-4)40(19-7,20-8)47-36(43)31-39(46,38(45)49-42(23-11,24-12)35(18-6)30-27-15-3)32-37(44)48-41(21-9,22-10)34(17-5)29-26-14-2/h33-35,46H,13-32H2,1-12H3. The molecule has 0 spiro atoms. The molecule has 0 bridgehead atoms. The highest BCUT2D eigenvalue weighted by Crippen LogP contribution is 2.41. The van der Waals surface area contributed by atoms with Gasteiger partial charge in [-0.05, 0) is 94.8 Å². The van der Waals surface area contributed by atoms with Gasteiger partial charge in [-0.25, -0.2) is 4.79 Å². The zero-order valence-electron chi connectivity index (χ0n) is 34.3. The number of carbonyl (C=O) groups excluding carboxylic acids is 3. The van der Waals surface area contributed by atoms with Crippen molar-refractivity contribution < 1.29 is 33.7 Å². The molecule has 7 nitrogen and oxygen atoms in total. The van der Waals surface area contributed by atoms with Crippen LogP contribution >= 0.6 is 0 Å². The Labute approximate surface area is 302 Å². The lowest BCUT2D eigenvalue weighted by Gasteiger charge is -2.42. The largest absolute Gasteiger partial charge is 0.459 e. The van der Waals surface area contributed by atoms with Gasteiger partial charge in [0.1, 0.15) is 16.8 Å². The molecule has 3 atom stereocenters. The minimum absolute atomic E-state index is 0.0861. The van der Waals surface area contributed by atoms with Gasteiger partial charge >= 0.3 is 17.9 Å². The Morgan fingerprint density at radius 3 is 0.959 bits per heavy atom. The zero-order chi connectivity index (χ0) is 37.7. The molecular weight excluding hydrogens is 616 g/mol. The van der Waals surface area contributed by atoms with E-state index in [2.05, 4.69) is 41.5 Å². The van der Waals surface area contributed by atoms with E-state index in [9.17, 15) is 19.5 Å². The van der Waals surface area contributed by atoms with Crippen molar-refractivity contribution in [3.05, 3.63) is 0 Å². The van der Waals surface area contributed by atoms with Crippen LogP contribution in [0.3, 0.4) is 0 Å². The third-order valence-corrected chi connectivity index (χ3v) is 12.2. The minimum Gasteiger partial charge on any atom is -0.459 e. The molecule has 0 radical (unpaired) electrons. The van der Waals surface area contributed by atoms with Crippen molar-refractivity contribution in [1.82, 2.24) is 0 Å². The van der Waals surface area contributed by atoms with Gasteiger partial charge in [-0.2, -0.15) is 0 Å². The van der Waals surface area contributed by atoms with E-state index < -0.39 is 53.2 Å². The number of hydrogen-bond acceptors (Lipinski definition) is 7. The van der Waals surface area contributed by atoms with Gasteiger partial charge in [-0.15, -0.1) is 0 Å². The fraction of sp³-hybridized carbons (Fsp3) is 0.929. The van der Waals surface area contributed by atoms with E-state index in [1.54, 1.807) is 0 Å². The SMILES string of the molecule is CCCCC(CC)C(CC)(CC)OC(=O)CC(O)(CC(=O)OC(CC)(CC)C(CC)CCCC)C(=O)OC(CC)(CC)C(CC)CCCC. The molecule has 0 aliphatic heterocycles. The molecule has 0 heterocycles. The fourth-order valence-electron chi connectivity index (χ4n) is 8.52. The summed E-state index contributed by atoms with van der Waals surface area (Å²) < 4.78 is 19.0. The van der Waals surface area contributed by atoms with Gasteiger partial charge in [0, 0.05) is 0 Å². The van der Waals surface area contributed by atoms with Crippen LogP contribution in [-0.4, -0.2) is 45.4 Å². The van der Waals surface area contributed by atoms with Gasteiger partial charge in [0.25, 0.3) is 0 Å². The maximum atomic E-state index is 14.3. The molecule has 0 rings (SSSR count). The first kappa shape index (κ1) is 47.4. The van der Waals surface area contributed by atoms with E-state index in [0.717, 1.165) is 77.0 Å². The molecule has 290 valence electrons. The van der Waals surface area contributed by atoms with Crippen LogP contribution in [0.2, 0.25) is 0 Å². The van der Waals surface area contributed by atoms with Crippen LogP contribution in [-0.2, 0) is 28.6 Å². The predicted molar refractivity (Wildman–Crippen MR) is 202 cm³/mol. The van der Waals surface area contributed by atoms with Crippen LogP contribution in [0.25, 0.3) is 0 Å². The average molecular weight is 697 g/mol. The number of rotatable bonds is 29. The molecule has 0 aromatic rings. The van der Waals surface area contributed by atoms with Crippen molar-refractivity contribution in [2.45, 2.75) is 234 Å². The molecular formula is C42H80O7. The van der Waals surface area contributed by atoms with E-state index >= 15 is 0 Å². The second-order valence-corrected chi connectivity index (χ2v) is 14.8. The Balaban J connectivity index is 6.85. The van der Waals surface area contributed by atoms with Crippen molar-refractivity contribution in [2.75, 3.05) is 0 Å². The quantitative estimate of drug-likeness (QED) is 0.0614. The predicted octanol–water partition coefficient (Wildman–Crippen LogP) is 11.5. The van der Waals surface area contributed by atoms with Crippen molar-refractivity contribution in [3.8, 4) is 0 Å². The Morgan fingerprint density at radius 1 is 0.469 bits per heavy atom. The molecule has 0 saturated carbocycles. The molecule has 0 aromatic carbocycles. The highest BCUT2D eigenvalue weighted by molar-refractivity contribution is 5.90. The summed E-state index contributed by atoms with van der Waals surface area (Å²) in [5, 5.41) is 12.3. The second kappa shape index (κ2) is 23.8. The van der Waals surface area contributed by atoms with Gasteiger partial charge in [0.15, 0.2) is 5.60 Å². The molecule has 49 heavy (non-hydrogen) atoms. The van der Waals surface area contributed by atoms with Crippen molar-refractivity contribution >= 4 is 17.9 Å².